The van der Waals surface area contributed by atoms with Crippen molar-refractivity contribution in [1.82, 2.24) is 5.16 Å². The van der Waals surface area contributed by atoms with Crippen LogP contribution in [-0.2, 0) is 0 Å². The van der Waals surface area contributed by atoms with Gasteiger partial charge in [-0.15, -0.1) is 0 Å². The second-order valence-electron chi connectivity index (χ2n) is 9.13. The fraction of sp³-hybridized carbons (Fsp3) is 0.222. The van der Waals surface area contributed by atoms with E-state index in [2.05, 4.69) is 22.3 Å². The number of hydrogen-bond donors (Lipinski definition) is 2. The van der Waals surface area contributed by atoms with Gasteiger partial charge in [0.05, 0.1) is 27.9 Å². The van der Waals surface area contributed by atoms with Crippen LogP contribution in [0.15, 0.2) is 59.1 Å². The second kappa shape index (κ2) is 7.73. The third-order valence-electron chi connectivity index (χ3n) is 6.76. The van der Waals surface area contributed by atoms with Gasteiger partial charge in [0.1, 0.15) is 5.52 Å². The summed E-state index contributed by atoms with van der Waals surface area (Å²) in [5.74, 6) is 0.0322. The number of nitrogens with one attached hydrogen (secondary N) is 1. The molecule has 0 saturated carbocycles. The molecule has 0 unspecified atom stereocenters. The number of nitrogens with zero attached hydrogens (tertiary/aromatic N) is 2. The van der Waals surface area contributed by atoms with Gasteiger partial charge in [0.15, 0.2) is 11.5 Å². The van der Waals surface area contributed by atoms with Crippen LogP contribution in [0.1, 0.15) is 46.0 Å². The molecule has 4 aromatic rings. The predicted molar refractivity (Wildman–Crippen MR) is 130 cm³/mol. The van der Waals surface area contributed by atoms with Crippen LogP contribution in [0.3, 0.4) is 0 Å². The lowest BCUT2D eigenvalue weighted by molar-refractivity contribution is 0.0696. The van der Waals surface area contributed by atoms with E-state index < -0.39 is 5.97 Å². The van der Waals surface area contributed by atoms with Gasteiger partial charge in [0, 0.05) is 29.9 Å². The van der Waals surface area contributed by atoms with Crippen molar-refractivity contribution in [3.05, 3.63) is 71.3 Å². The molecule has 1 fully saturated rings. The number of benzene rings is 3. The molecule has 0 bridgehead atoms. The molecular weight excluding hydrogens is 430 g/mol. The highest BCUT2D eigenvalue weighted by molar-refractivity contribution is 6.28. The number of anilines is 3. The molecule has 34 heavy (non-hydrogen) atoms. The molecule has 1 saturated heterocycles. The number of carboxylic acid groups (broad SMARTS) is 1. The number of rotatable bonds is 4. The molecule has 7 nitrogen and oxygen atoms in total. The summed E-state index contributed by atoms with van der Waals surface area (Å²) in [5, 5.41) is 17.9. The zero-order valence-corrected chi connectivity index (χ0v) is 18.7. The van der Waals surface area contributed by atoms with Crippen LogP contribution < -0.4 is 10.2 Å². The number of carboxylic acids is 1. The Bertz CT molecular complexity index is 1470. The first-order chi connectivity index (χ1) is 16.5. The number of carbonyl (C=O) groups is 2. The standard InChI is InChI=1S/C27H23N3O4/c1-15-6-5-11-30(14-15)21-13-20(28-17-8-4-7-16(12-17)27(32)33)22-23-24(21)29-34-26(23)19-10-3-2-9-18(19)25(22)31/h2-4,7-10,12-13,15,28H,5-6,11,14H2,1H3,(H,32,33)/t15-/m1/s1. The quantitative estimate of drug-likeness (QED) is 0.359. The summed E-state index contributed by atoms with van der Waals surface area (Å²) in [6.45, 7) is 4.04. The molecule has 170 valence electrons. The topological polar surface area (TPSA) is 95.7 Å². The Morgan fingerprint density at radius 3 is 2.76 bits per heavy atom. The van der Waals surface area contributed by atoms with Gasteiger partial charge in [-0.25, -0.2) is 4.79 Å². The molecule has 0 amide bonds. The Morgan fingerprint density at radius 2 is 1.97 bits per heavy atom. The Morgan fingerprint density at radius 1 is 1.15 bits per heavy atom. The first kappa shape index (κ1) is 20.5. The highest BCUT2D eigenvalue weighted by Gasteiger charge is 2.34. The van der Waals surface area contributed by atoms with Crippen molar-refractivity contribution >= 4 is 39.7 Å². The van der Waals surface area contributed by atoms with Crippen molar-refractivity contribution in [2.24, 2.45) is 5.92 Å². The van der Waals surface area contributed by atoms with E-state index in [4.69, 9.17) is 4.52 Å². The van der Waals surface area contributed by atoms with Gasteiger partial charge in [-0.3, -0.25) is 4.79 Å². The van der Waals surface area contributed by atoms with Crippen molar-refractivity contribution in [3.8, 4) is 11.3 Å². The van der Waals surface area contributed by atoms with Gasteiger partial charge < -0.3 is 19.8 Å². The van der Waals surface area contributed by atoms with Gasteiger partial charge in [0.2, 0.25) is 0 Å². The summed E-state index contributed by atoms with van der Waals surface area (Å²) >= 11 is 0. The van der Waals surface area contributed by atoms with E-state index in [1.165, 1.54) is 6.42 Å². The number of fused-ring (bicyclic) bond motifs is 2. The molecule has 1 atom stereocenters. The summed E-state index contributed by atoms with van der Waals surface area (Å²) in [7, 11) is 0. The highest BCUT2D eigenvalue weighted by atomic mass is 16.5. The van der Waals surface area contributed by atoms with Crippen LogP contribution in [0.25, 0.3) is 22.2 Å². The number of hydrogen-bond acceptors (Lipinski definition) is 6. The van der Waals surface area contributed by atoms with E-state index in [0.29, 0.717) is 45.1 Å². The average molecular weight is 453 g/mol. The Labute approximate surface area is 196 Å². The van der Waals surface area contributed by atoms with Crippen LogP contribution in [0.2, 0.25) is 0 Å². The number of ketones is 1. The minimum Gasteiger partial charge on any atom is -0.478 e. The minimum atomic E-state index is -1.00. The van der Waals surface area contributed by atoms with Gasteiger partial charge in [-0.2, -0.15) is 0 Å². The molecule has 0 spiro atoms. The summed E-state index contributed by atoms with van der Waals surface area (Å²) in [5.41, 5.74) is 4.80. The normalized spacial score (nSPS) is 17.0. The third kappa shape index (κ3) is 3.15. The fourth-order valence-electron chi connectivity index (χ4n) is 5.18. The average Bonchev–Trinajstić information content (AvgIpc) is 3.28. The van der Waals surface area contributed by atoms with Gasteiger partial charge in [-0.1, -0.05) is 42.4 Å². The van der Waals surface area contributed by atoms with E-state index in [-0.39, 0.29) is 11.3 Å². The lowest BCUT2D eigenvalue weighted by Gasteiger charge is -2.33. The number of aromatic carboxylic acids is 1. The van der Waals surface area contributed by atoms with Crippen LogP contribution in [-0.4, -0.2) is 35.1 Å². The van der Waals surface area contributed by atoms with Gasteiger partial charge >= 0.3 is 5.97 Å². The number of aromatic nitrogens is 1. The van der Waals surface area contributed by atoms with Gasteiger partial charge in [0.25, 0.3) is 0 Å². The molecular formula is C27H23N3O4. The first-order valence-corrected chi connectivity index (χ1v) is 11.5. The molecule has 2 N–H and O–H groups in total. The van der Waals surface area contributed by atoms with E-state index in [1.54, 1.807) is 30.3 Å². The van der Waals surface area contributed by atoms with Crippen LogP contribution in [0.4, 0.5) is 17.1 Å². The van der Waals surface area contributed by atoms with E-state index in [9.17, 15) is 14.7 Å². The van der Waals surface area contributed by atoms with E-state index in [1.807, 2.05) is 24.3 Å². The molecule has 1 aliphatic carbocycles. The summed E-state index contributed by atoms with van der Waals surface area (Å²) in [6.07, 6.45) is 2.26. The molecule has 2 aliphatic rings. The monoisotopic (exact) mass is 453 g/mol. The largest absolute Gasteiger partial charge is 0.478 e. The van der Waals surface area contributed by atoms with Crippen LogP contribution >= 0.6 is 0 Å². The molecule has 1 aromatic heterocycles. The summed E-state index contributed by atoms with van der Waals surface area (Å²) in [4.78, 5) is 27.5. The zero-order valence-electron chi connectivity index (χ0n) is 18.7. The number of piperidine rings is 1. The third-order valence-corrected chi connectivity index (χ3v) is 6.76. The predicted octanol–water partition coefficient (Wildman–Crippen LogP) is 5.72. The number of carbonyl (C=O) groups excluding carboxylic acids is 1. The summed E-state index contributed by atoms with van der Waals surface area (Å²) in [6, 6.07) is 16.0. The maximum Gasteiger partial charge on any atom is 0.335 e. The van der Waals surface area contributed by atoms with Crippen LogP contribution in [0, 0.1) is 5.92 Å². The summed E-state index contributed by atoms with van der Waals surface area (Å²) < 4.78 is 5.85. The maximum absolute atomic E-state index is 13.7. The maximum atomic E-state index is 13.7. The fourth-order valence-corrected chi connectivity index (χ4v) is 5.18. The molecule has 3 aromatic carbocycles. The van der Waals surface area contributed by atoms with Gasteiger partial charge in [-0.05, 0) is 43.0 Å². The van der Waals surface area contributed by atoms with Crippen LogP contribution in [0.5, 0.6) is 0 Å². The SMILES string of the molecule is C[C@@H]1CCCN(c2cc(Nc3cccc(C(=O)O)c3)c3c4c(onc24)-c2ccccc2C3=O)C1. The minimum absolute atomic E-state index is 0.105. The molecule has 1 aliphatic heterocycles. The lowest BCUT2D eigenvalue weighted by Crippen LogP contribution is -2.34. The zero-order chi connectivity index (χ0) is 23.4. The lowest BCUT2D eigenvalue weighted by atomic mass is 9.86. The molecule has 7 heteroatoms. The van der Waals surface area contributed by atoms with Crippen molar-refractivity contribution < 1.29 is 19.2 Å². The first-order valence-electron chi connectivity index (χ1n) is 11.5. The highest BCUT2D eigenvalue weighted by Crippen LogP contribution is 2.46. The molecule has 6 rings (SSSR count). The second-order valence-corrected chi connectivity index (χ2v) is 9.13. The molecule has 0 radical (unpaired) electrons. The van der Waals surface area contributed by atoms with Crippen molar-refractivity contribution in [3.63, 3.8) is 0 Å². The van der Waals surface area contributed by atoms with Crippen molar-refractivity contribution in [1.29, 1.82) is 0 Å². The van der Waals surface area contributed by atoms with Crippen molar-refractivity contribution in [2.75, 3.05) is 23.3 Å². The van der Waals surface area contributed by atoms with E-state index >= 15 is 0 Å². The smallest absolute Gasteiger partial charge is 0.335 e. The Hall–Kier alpha value is -4.13. The molecule has 2 heterocycles. The van der Waals surface area contributed by atoms with Crippen molar-refractivity contribution in [2.45, 2.75) is 19.8 Å². The Kier molecular flexibility index (Phi) is 4.65. The van der Waals surface area contributed by atoms with E-state index in [0.717, 1.165) is 30.8 Å². The Balaban J connectivity index is 1.59.